The fraction of sp³-hybridized carbons (Fsp3) is 0.600. The third-order valence-corrected chi connectivity index (χ3v) is 5.75. The predicted molar refractivity (Wildman–Crippen MR) is 80.5 cm³/mol. The van der Waals surface area contributed by atoms with Crippen LogP contribution in [0.4, 0.5) is 0 Å². The van der Waals surface area contributed by atoms with Gasteiger partial charge in [0, 0.05) is 20.2 Å². The highest BCUT2D eigenvalue weighted by atomic mass is 32.2. The minimum absolute atomic E-state index is 0.0266. The van der Waals surface area contributed by atoms with Crippen LogP contribution < -0.4 is 0 Å². The van der Waals surface area contributed by atoms with Crippen LogP contribution in [-0.2, 0) is 21.4 Å². The van der Waals surface area contributed by atoms with Crippen LogP contribution in [0.5, 0.6) is 0 Å². The van der Waals surface area contributed by atoms with Gasteiger partial charge in [-0.3, -0.25) is 0 Å². The molecule has 1 aliphatic heterocycles. The third-order valence-electron chi connectivity index (χ3n) is 3.93. The number of rotatable bonds is 5. The SMILES string of the molecule is Cc1ccc(S(=O)(=O)N(C)CC2CCCCO2)cc1CO. The van der Waals surface area contributed by atoms with Gasteiger partial charge in [0.2, 0.25) is 10.0 Å². The molecule has 1 aromatic rings. The van der Waals surface area contributed by atoms with E-state index in [0.717, 1.165) is 24.8 Å². The van der Waals surface area contributed by atoms with E-state index in [-0.39, 0.29) is 17.6 Å². The van der Waals surface area contributed by atoms with Crippen LogP contribution in [0.3, 0.4) is 0 Å². The Morgan fingerprint density at radius 3 is 2.76 bits per heavy atom. The van der Waals surface area contributed by atoms with Gasteiger partial charge in [-0.2, -0.15) is 4.31 Å². The van der Waals surface area contributed by atoms with Crippen molar-refractivity contribution < 1.29 is 18.3 Å². The van der Waals surface area contributed by atoms with E-state index >= 15 is 0 Å². The first kappa shape index (κ1) is 16.4. The molecule has 0 amide bonds. The average Bonchev–Trinajstić information content (AvgIpc) is 2.48. The minimum Gasteiger partial charge on any atom is -0.392 e. The Hall–Kier alpha value is -0.950. The molecule has 0 aliphatic carbocycles. The molecule has 6 heteroatoms. The van der Waals surface area contributed by atoms with Gasteiger partial charge in [0.1, 0.15) is 0 Å². The van der Waals surface area contributed by atoms with Crippen LogP contribution in [0.1, 0.15) is 30.4 Å². The maximum atomic E-state index is 12.6. The lowest BCUT2D eigenvalue weighted by molar-refractivity contribution is 0.00858. The third kappa shape index (κ3) is 3.83. The summed E-state index contributed by atoms with van der Waals surface area (Å²) < 4.78 is 32.1. The number of nitrogens with zero attached hydrogens (tertiary/aromatic N) is 1. The molecule has 2 rings (SSSR count). The zero-order chi connectivity index (χ0) is 15.5. The highest BCUT2D eigenvalue weighted by Gasteiger charge is 2.25. The van der Waals surface area contributed by atoms with Crippen molar-refractivity contribution in [3.8, 4) is 0 Å². The van der Waals surface area contributed by atoms with Crippen molar-refractivity contribution in [1.29, 1.82) is 0 Å². The van der Waals surface area contributed by atoms with E-state index in [0.29, 0.717) is 18.7 Å². The maximum absolute atomic E-state index is 12.6. The van der Waals surface area contributed by atoms with Crippen LogP contribution in [-0.4, -0.2) is 44.1 Å². The topological polar surface area (TPSA) is 66.8 Å². The molecule has 0 saturated carbocycles. The molecular formula is C15H23NO4S. The average molecular weight is 313 g/mol. The zero-order valence-corrected chi connectivity index (χ0v) is 13.4. The van der Waals surface area contributed by atoms with Crippen molar-refractivity contribution in [2.24, 2.45) is 0 Å². The highest BCUT2D eigenvalue weighted by Crippen LogP contribution is 2.21. The molecular weight excluding hydrogens is 290 g/mol. The molecule has 1 heterocycles. The summed E-state index contributed by atoms with van der Waals surface area (Å²) in [5.41, 5.74) is 1.52. The number of aryl methyl sites for hydroxylation is 1. The molecule has 1 saturated heterocycles. The molecule has 1 aromatic carbocycles. The second-order valence-electron chi connectivity index (χ2n) is 5.52. The number of benzene rings is 1. The molecule has 0 bridgehead atoms. The van der Waals surface area contributed by atoms with Crippen molar-refractivity contribution in [2.75, 3.05) is 20.2 Å². The second kappa shape index (κ2) is 6.87. The molecule has 0 spiro atoms. The number of aliphatic hydroxyl groups excluding tert-OH is 1. The van der Waals surface area contributed by atoms with Gasteiger partial charge in [-0.1, -0.05) is 6.07 Å². The van der Waals surface area contributed by atoms with E-state index < -0.39 is 10.0 Å². The second-order valence-corrected chi connectivity index (χ2v) is 7.57. The van der Waals surface area contributed by atoms with Gasteiger partial charge in [0.25, 0.3) is 0 Å². The lowest BCUT2D eigenvalue weighted by atomic mass is 10.1. The summed E-state index contributed by atoms with van der Waals surface area (Å²) in [6, 6.07) is 4.86. The lowest BCUT2D eigenvalue weighted by Gasteiger charge is -2.27. The Balaban J connectivity index is 2.16. The Kier molecular flexibility index (Phi) is 5.37. The number of likely N-dealkylation sites (N-methyl/N-ethyl adjacent to an activating group) is 1. The molecule has 1 fully saturated rings. The normalized spacial score (nSPS) is 19.9. The molecule has 0 radical (unpaired) electrons. The van der Waals surface area contributed by atoms with Gasteiger partial charge in [-0.25, -0.2) is 8.42 Å². The minimum atomic E-state index is -3.55. The van der Waals surface area contributed by atoms with E-state index in [4.69, 9.17) is 4.74 Å². The van der Waals surface area contributed by atoms with E-state index in [1.54, 1.807) is 25.2 Å². The molecule has 1 N–H and O–H groups in total. The first-order valence-corrected chi connectivity index (χ1v) is 8.67. The largest absolute Gasteiger partial charge is 0.392 e. The van der Waals surface area contributed by atoms with E-state index in [1.807, 2.05) is 6.92 Å². The standard InChI is InChI=1S/C15H23NO4S/c1-12-6-7-15(9-13(12)11-17)21(18,19)16(2)10-14-5-3-4-8-20-14/h6-7,9,14,17H,3-5,8,10-11H2,1-2H3. The van der Waals surface area contributed by atoms with Crippen molar-refractivity contribution >= 4 is 10.0 Å². The number of ether oxygens (including phenoxy) is 1. The van der Waals surface area contributed by atoms with Crippen LogP contribution >= 0.6 is 0 Å². The van der Waals surface area contributed by atoms with E-state index in [9.17, 15) is 13.5 Å². The quantitative estimate of drug-likeness (QED) is 0.898. The fourth-order valence-electron chi connectivity index (χ4n) is 2.49. The Morgan fingerprint density at radius 2 is 2.14 bits per heavy atom. The molecule has 1 atom stereocenters. The summed E-state index contributed by atoms with van der Waals surface area (Å²) in [7, 11) is -1.97. The van der Waals surface area contributed by atoms with Crippen LogP contribution in [0.25, 0.3) is 0 Å². The lowest BCUT2D eigenvalue weighted by Crippen LogP contribution is -2.37. The summed E-state index contributed by atoms with van der Waals surface area (Å²) in [5, 5.41) is 9.28. The van der Waals surface area contributed by atoms with Gasteiger partial charge in [0.05, 0.1) is 17.6 Å². The number of sulfonamides is 1. The van der Waals surface area contributed by atoms with Crippen molar-refractivity contribution in [3.63, 3.8) is 0 Å². The van der Waals surface area contributed by atoms with E-state index in [2.05, 4.69) is 0 Å². The van der Waals surface area contributed by atoms with Crippen molar-refractivity contribution in [1.82, 2.24) is 4.31 Å². The summed E-state index contributed by atoms with van der Waals surface area (Å²) in [5.74, 6) is 0. The number of hydrogen-bond acceptors (Lipinski definition) is 4. The van der Waals surface area contributed by atoms with Gasteiger partial charge in [-0.15, -0.1) is 0 Å². The Morgan fingerprint density at radius 1 is 1.38 bits per heavy atom. The Labute approximate surface area is 126 Å². The molecule has 1 unspecified atom stereocenters. The van der Waals surface area contributed by atoms with Gasteiger partial charge in [-0.05, 0) is 49.4 Å². The maximum Gasteiger partial charge on any atom is 0.242 e. The zero-order valence-electron chi connectivity index (χ0n) is 12.6. The van der Waals surface area contributed by atoms with Crippen molar-refractivity contribution in [2.45, 2.75) is 43.8 Å². The number of hydrogen-bond donors (Lipinski definition) is 1. The van der Waals surface area contributed by atoms with Crippen LogP contribution in [0.2, 0.25) is 0 Å². The molecule has 1 aliphatic rings. The molecule has 5 nitrogen and oxygen atoms in total. The molecule has 118 valence electrons. The summed E-state index contributed by atoms with van der Waals surface area (Å²) in [4.78, 5) is 0.218. The van der Waals surface area contributed by atoms with Gasteiger partial charge >= 0.3 is 0 Å². The molecule has 0 aromatic heterocycles. The van der Waals surface area contributed by atoms with E-state index in [1.165, 1.54) is 4.31 Å². The highest BCUT2D eigenvalue weighted by molar-refractivity contribution is 7.89. The van der Waals surface area contributed by atoms with Crippen LogP contribution in [0, 0.1) is 6.92 Å². The summed E-state index contributed by atoms with van der Waals surface area (Å²) >= 11 is 0. The van der Waals surface area contributed by atoms with Crippen molar-refractivity contribution in [3.05, 3.63) is 29.3 Å². The van der Waals surface area contributed by atoms with Crippen LogP contribution in [0.15, 0.2) is 23.1 Å². The smallest absolute Gasteiger partial charge is 0.242 e. The summed E-state index contributed by atoms with van der Waals surface area (Å²) in [6.45, 7) is 2.76. The van der Waals surface area contributed by atoms with Gasteiger partial charge in [0.15, 0.2) is 0 Å². The monoisotopic (exact) mass is 313 g/mol. The number of aliphatic hydroxyl groups is 1. The first-order chi connectivity index (χ1) is 9.95. The predicted octanol–water partition coefficient (Wildman–Crippen LogP) is 1.68. The van der Waals surface area contributed by atoms with Gasteiger partial charge < -0.3 is 9.84 Å². The first-order valence-electron chi connectivity index (χ1n) is 7.23. The molecule has 21 heavy (non-hydrogen) atoms. The fourth-order valence-corrected chi connectivity index (χ4v) is 3.75. The Bertz CT molecular complexity index is 579. The summed E-state index contributed by atoms with van der Waals surface area (Å²) in [6.07, 6.45) is 3.00.